The van der Waals surface area contributed by atoms with Crippen LogP contribution in [0.2, 0.25) is 0 Å². The minimum Gasteiger partial charge on any atom is -0.447 e. The number of rotatable bonds is 7. The van der Waals surface area contributed by atoms with Crippen LogP contribution in [0.5, 0.6) is 0 Å². The maximum atomic E-state index is 13.6. The molecule has 4 rings (SSSR count). The fraction of sp³-hybridized carbons (Fsp3) is 0.423. The molecule has 190 valence electrons. The van der Waals surface area contributed by atoms with E-state index < -0.39 is 6.09 Å². The molecule has 1 aliphatic heterocycles. The molecule has 36 heavy (non-hydrogen) atoms. The Morgan fingerprint density at radius 1 is 1.17 bits per heavy atom. The average molecular weight is 495 g/mol. The highest BCUT2D eigenvalue weighted by Crippen LogP contribution is 2.27. The first-order valence-electron chi connectivity index (χ1n) is 11.8. The maximum Gasteiger partial charge on any atom is 0.416 e. The van der Waals surface area contributed by atoms with Gasteiger partial charge in [-0.25, -0.2) is 14.2 Å². The Balaban J connectivity index is 1.48. The molecule has 9 nitrogen and oxygen atoms in total. The van der Waals surface area contributed by atoms with E-state index in [1.807, 2.05) is 34.6 Å². The summed E-state index contributed by atoms with van der Waals surface area (Å²) in [7, 11) is 0. The van der Waals surface area contributed by atoms with Gasteiger partial charge in [-0.05, 0) is 71.4 Å². The lowest BCUT2D eigenvalue weighted by atomic mass is 10.1. The molecule has 1 fully saturated rings. The summed E-state index contributed by atoms with van der Waals surface area (Å²) < 4.78 is 24.9. The molecule has 0 saturated carbocycles. The topological polar surface area (TPSA) is 102 Å². The fourth-order valence-electron chi connectivity index (χ4n) is 4.02. The molecule has 1 aromatic carbocycles. The van der Waals surface area contributed by atoms with E-state index in [4.69, 9.17) is 9.47 Å². The number of aromatic nitrogens is 4. The van der Waals surface area contributed by atoms with Crippen molar-refractivity contribution in [3.8, 4) is 11.3 Å². The minimum atomic E-state index is -0.473. The van der Waals surface area contributed by atoms with Crippen LogP contribution in [0.25, 0.3) is 11.3 Å². The molecular weight excluding hydrogens is 463 g/mol. The SMILES string of the molecule is Cc1cc(-c2cnc([C@H](C)Nc3nccc(N4C(=O)OCC4[C@@H](C)OC(C)(C)C)n3)cn2)ccc1F. The Bertz CT molecular complexity index is 1230. The molecule has 0 bridgehead atoms. The predicted octanol–water partition coefficient (Wildman–Crippen LogP) is 5.08. The second-order valence-corrected chi connectivity index (χ2v) is 9.84. The van der Waals surface area contributed by atoms with Crippen LogP contribution in [0.15, 0.2) is 42.9 Å². The van der Waals surface area contributed by atoms with Gasteiger partial charge in [-0.1, -0.05) is 0 Å². The number of carbonyl (C=O) groups excluding carboxylic acids is 1. The number of benzene rings is 1. The first-order chi connectivity index (χ1) is 17.0. The van der Waals surface area contributed by atoms with E-state index in [1.54, 1.807) is 43.7 Å². The Morgan fingerprint density at radius 3 is 2.61 bits per heavy atom. The largest absolute Gasteiger partial charge is 0.447 e. The van der Waals surface area contributed by atoms with Crippen molar-refractivity contribution in [2.75, 3.05) is 16.8 Å². The number of ether oxygens (including phenoxy) is 2. The second-order valence-electron chi connectivity index (χ2n) is 9.84. The van der Waals surface area contributed by atoms with Gasteiger partial charge in [0.2, 0.25) is 5.95 Å². The number of nitrogens with zero attached hydrogens (tertiary/aromatic N) is 5. The van der Waals surface area contributed by atoms with Gasteiger partial charge in [-0.2, -0.15) is 4.98 Å². The van der Waals surface area contributed by atoms with E-state index in [9.17, 15) is 9.18 Å². The number of carbonyl (C=O) groups is 1. The third-order valence-electron chi connectivity index (χ3n) is 5.79. The number of amides is 1. The summed E-state index contributed by atoms with van der Waals surface area (Å²) in [6, 6.07) is 5.93. The Morgan fingerprint density at radius 2 is 1.94 bits per heavy atom. The Kier molecular flexibility index (Phi) is 7.16. The van der Waals surface area contributed by atoms with Crippen molar-refractivity contribution in [2.45, 2.75) is 65.3 Å². The highest BCUT2D eigenvalue weighted by atomic mass is 19.1. The zero-order chi connectivity index (χ0) is 26.0. The monoisotopic (exact) mass is 494 g/mol. The second kappa shape index (κ2) is 10.1. The summed E-state index contributed by atoms with van der Waals surface area (Å²) in [5.41, 5.74) is 2.31. The molecular formula is C26H31FN6O3. The zero-order valence-corrected chi connectivity index (χ0v) is 21.3. The van der Waals surface area contributed by atoms with Crippen LogP contribution in [-0.2, 0) is 9.47 Å². The molecule has 3 heterocycles. The zero-order valence-electron chi connectivity index (χ0n) is 21.3. The van der Waals surface area contributed by atoms with E-state index in [2.05, 4.69) is 25.3 Å². The molecule has 1 amide bonds. The van der Waals surface area contributed by atoms with Crippen LogP contribution in [0, 0.1) is 12.7 Å². The van der Waals surface area contributed by atoms with Crippen molar-refractivity contribution < 1.29 is 18.7 Å². The van der Waals surface area contributed by atoms with E-state index >= 15 is 0 Å². The van der Waals surface area contributed by atoms with Crippen molar-refractivity contribution in [1.29, 1.82) is 0 Å². The number of cyclic esters (lactones) is 1. The van der Waals surface area contributed by atoms with Gasteiger partial charge in [-0.3, -0.25) is 14.9 Å². The van der Waals surface area contributed by atoms with Crippen molar-refractivity contribution in [1.82, 2.24) is 19.9 Å². The molecule has 3 aromatic rings. The van der Waals surface area contributed by atoms with Crippen molar-refractivity contribution in [3.63, 3.8) is 0 Å². The first-order valence-corrected chi connectivity index (χ1v) is 11.8. The van der Waals surface area contributed by atoms with Gasteiger partial charge in [0.15, 0.2) is 0 Å². The Hall–Kier alpha value is -3.66. The number of anilines is 2. The standard InChI is InChI=1S/C26H31FN6O3/c1-15-11-18(7-8-19(15)27)21-13-29-20(12-30-21)16(2)31-24-28-10-9-23(32-24)33-22(14-35-25(33)34)17(3)36-26(4,5)6/h7-13,16-17,22H,14H2,1-6H3,(H,28,31,32)/t16-,17+,22?/m0/s1. The number of hydrogen-bond acceptors (Lipinski definition) is 8. The Labute approximate surface area is 210 Å². The lowest BCUT2D eigenvalue weighted by molar-refractivity contribution is -0.0618. The summed E-state index contributed by atoms with van der Waals surface area (Å²) >= 11 is 0. The van der Waals surface area contributed by atoms with Crippen molar-refractivity contribution in [2.24, 2.45) is 0 Å². The van der Waals surface area contributed by atoms with Crippen molar-refractivity contribution >= 4 is 17.9 Å². The number of nitrogens with one attached hydrogen (secondary N) is 1. The molecule has 1 N–H and O–H groups in total. The normalized spacial score (nSPS) is 17.6. The van der Waals surface area contributed by atoms with E-state index in [1.165, 1.54) is 11.0 Å². The average Bonchev–Trinajstić information content (AvgIpc) is 3.21. The van der Waals surface area contributed by atoms with Gasteiger partial charge >= 0.3 is 6.09 Å². The van der Waals surface area contributed by atoms with Crippen LogP contribution in [-0.4, -0.2) is 50.4 Å². The molecule has 1 saturated heterocycles. The molecule has 1 unspecified atom stereocenters. The lowest BCUT2D eigenvalue weighted by Gasteiger charge is -2.31. The molecule has 2 aromatic heterocycles. The third kappa shape index (κ3) is 5.76. The van der Waals surface area contributed by atoms with Crippen LogP contribution < -0.4 is 10.2 Å². The van der Waals surface area contributed by atoms with Gasteiger partial charge in [0.25, 0.3) is 0 Å². The highest BCUT2D eigenvalue weighted by Gasteiger charge is 2.40. The maximum absolute atomic E-state index is 13.6. The molecule has 3 atom stereocenters. The minimum absolute atomic E-state index is 0.217. The van der Waals surface area contributed by atoms with Crippen molar-refractivity contribution in [3.05, 3.63) is 59.9 Å². The summed E-state index contributed by atoms with van der Waals surface area (Å²) in [6.45, 7) is 11.7. The van der Waals surface area contributed by atoms with Crippen LogP contribution >= 0.6 is 0 Å². The fourth-order valence-corrected chi connectivity index (χ4v) is 4.02. The van der Waals surface area contributed by atoms with Gasteiger partial charge in [0, 0.05) is 11.8 Å². The molecule has 10 heteroatoms. The first kappa shape index (κ1) is 25.4. The molecule has 1 aliphatic rings. The van der Waals surface area contributed by atoms with Gasteiger partial charge < -0.3 is 14.8 Å². The molecule has 0 aliphatic carbocycles. The summed E-state index contributed by atoms with van der Waals surface area (Å²) in [4.78, 5) is 31.9. The van der Waals surface area contributed by atoms with Crippen LogP contribution in [0.3, 0.4) is 0 Å². The van der Waals surface area contributed by atoms with E-state index in [0.717, 1.165) is 5.56 Å². The summed E-state index contributed by atoms with van der Waals surface area (Å²) in [5.74, 6) is 0.501. The lowest BCUT2D eigenvalue weighted by Crippen LogP contribution is -2.45. The number of aryl methyl sites for hydroxylation is 1. The van der Waals surface area contributed by atoms with E-state index in [0.29, 0.717) is 28.7 Å². The number of hydrogen-bond donors (Lipinski definition) is 1. The summed E-state index contributed by atoms with van der Waals surface area (Å²) in [6.07, 6.45) is 4.16. The predicted molar refractivity (Wildman–Crippen MR) is 134 cm³/mol. The third-order valence-corrected chi connectivity index (χ3v) is 5.79. The molecule has 0 radical (unpaired) electrons. The van der Waals surface area contributed by atoms with Crippen LogP contribution in [0.1, 0.15) is 51.9 Å². The van der Waals surface area contributed by atoms with Gasteiger partial charge in [-0.15, -0.1) is 0 Å². The van der Waals surface area contributed by atoms with Gasteiger partial charge in [0.05, 0.1) is 41.5 Å². The quantitative estimate of drug-likeness (QED) is 0.485. The molecule has 0 spiro atoms. The van der Waals surface area contributed by atoms with Gasteiger partial charge in [0.1, 0.15) is 24.3 Å². The smallest absolute Gasteiger partial charge is 0.416 e. The number of halogens is 1. The van der Waals surface area contributed by atoms with Crippen LogP contribution in [0.4, 0.5) is 21.0 Å². The highest BCUT2D eigenvalue weighted by molar-refractivity contribution is 5.89. The summed E-state index contributed by atoms with van der Waals surface area (Å²) in [5, 5.41) is 3.21. The van der Waals surface area contributed by atoms with E-state index in [-0.39, 0.29) is 36.2 Å².